The molecule has 0 saturated carbocycles. The number of imide groups is 2. The van der Waals surface area contributed by atoms with Crippen LogP contribution in [0.2, 0.25) is 0 Å². The van der Waals surface area contributed by atoms with Crippen molar-refractivity contribution >= 4 is 23.6 Å². The van der Waals surface area contributed by atoms with Gasteiger partial charge in [0.05, 0.1) is 11.1 Å². The van der Waals surface area contributed by atoms with Crippen LogP contribution in [0.25, 0.3) is 0 Å². The Morgan fingerprint density at radius 1 is 1.10 bits per heavy atom. The van der Waals surface area contributed by atoms with Gasteiger partial charge in [0.2, 0.25) is 11.8 Å². The fraction of sp³-hybridized carbons (Fsp3) is 0.524. The lowest BCUT2D eigenvalue weighted by atomic mass is 9.93. The lowest BCUT2D eigenvalue weighted by molar-refractivity contribution is -0.136. The molecule has 3 aliphatic rings. The van der Waals surface area contributed by atoms with Crippen LogP contribution in [-0.2, 0) is 16.1 Å². The molecule has 0 radical (unpaired) electrons. The van der Waals surface area contributed by atoms with Crippen molar-refractivity contribution in [3.05, 3.63) is 34.9 Å². The minimum absolute atomic E-state index is 0.119. The van der Waals surface area contributed by atoms with Crippen LogP contribution in [0, 0.1) is 5.41 Å². The molecular formula is C21H26N4O4. The molecule has 1 atom stereocenters. The number of carbonyl (C=O) groups excluding carboxylic acids is 4. The first kappa shape index (κ1) is 19.7. The van der Waals surface area contributed by atoms with Gasteiger partial charge in [-0.1, -0.05) is 19.9 Å². The largest absolute Gasteiger partial charge is 0.315 e. The Morgan fingerprint density at radius 3 is 2.62 bits per heavy atom. The van der Waals surface area contributed by atoms with Gasteiger partial charge in [-0.3, -0.25) is 34.3 Å². The monoisotopic (exact) mass is 398 g/mol. The summed E-state index contributed by atoms with van der Waals surface area (Å²) in [5, 5.41) is 5.66. The average molecular weight is 398 g/mol. The second-order valence-corrected chi connectivity index (χ2v) is 8.88. The van der Waals surface area contributed by atoms with Crippen LogP contribution in [0.3, 0.4) is 0 Å². The quantitative estimate of drug-likeness (QED) is 0.721. The Bertz CT molecular complexity index is 895. The van der Waals surface area contributed by atoms with Gasteiger partial charge in [-0.2, -0.15) is 0 Å². The molecule has 29 heavy (non-hydrogen) atoms. The summed E-state index contributed by atoms with van der Waals surface area (Å²) in [6, 6.07) is 4.40. The molecule has 4 amide bonds. The zero-order valence-electron chi connectivity index (χ0n) is 16.8. The number of nitrogens with zero attached hydrogens (tertiary/aromatic N) is 2. The number of rotatable bonds is 3. The number of benzene rings is 1. The van der Waals surface area contributed by atoms with Gasteiger partial charge in [0.15, 0.2) is 0 Å². The van der Waals surface area contributed by atoms with Gasteiger partial charge in [-0.05, 0) is 29.5 Å². The lowest BCUT2D eigenvalue weighted by Gasteiger charge is -2.29. The lowest BCUT2D eigenvalue weighted by Crippen LogP contribution is -2.54. The fourth-order valence-electron chi connectivity index (χ4n) is 4.41. The molecule has 2 N–H and O–H groups in total. The van der Waals surface area contributed by atoms with E-state index in [2.05, 4.69) is 29.4 Å². The van der Waals surface area contributed by atoms with Gasteiger partial charge in [0.25, 0.3) is 11.8 Å². The maximum atomic E-state index is 13.0. The van der Waals surface area contributed by atoms with E-state index in [0.29, 0.717) is 17.7 Å². The van der Waals surface area contributed by atoms with Crippen LogP contribution in [-0.4, -0.2) is 65.6 Å². The predicted molar refractivity (Wildman–Crippen MR) is 105 cm³/mol. The third-order valence-corrected chi connectivity index (χ3v) is 5.77. The van der Waals surface area contributed by atoms with Crippen LogP contribution in [0.4, 0.5) is 0 Å². The Hall–Kier alpha value is -2.58. The van der Waals surface area contributed by atoms with E-state index in [0.717, 1.165) is 36.6 Å². The highest BCUT2D eigenvalue weighted by atomic mass is 16.2. The first-order valence-electron chi connectivity index (χ1n) is 10.0. The first-order chi connectivity index (χ1) is 13.7. The van der Waals surface area contributed by atoms with Crippen molar-refractivity contribution in [1.82, 2.24) is 20.4 Å². The number of nitrogens with one attached hydrogen (secondary N) is 2. The first-order valence-corrected chi connectivity index (χ1v) is 10.0. The van der Waals surface area contributed by atoms with Crippen molar-refractivity contribution in [3.8, 4) is 0 Å². The topological polar surface area (TPSA) is 98.8 Å². The molecule has 154 valence electrons. The smallest absolute Gasteiger partial charge is 0.262 e. The van der Waals surface area contributed by atoms with Crippen LogP contribution in [0.15, 0.2) is 18.2 Å². The van der Waals surface area contributed by atoms with Crippen LogP contribution in [0.5, 0.6) is 0 Å². The maximum Gasteiger partial charge on any atom is 0.262 e. The summed E-state index contributed by atoms with van der Waals surface area (Å²) in [5.74, 6) is -1.89. The van der Waals surface area contributed by atoms with Crippen LogP contribution >= 0.6 is 0 Å². The minimum atomic E-state index is -0.930. The second kappa shape index (κ2) is 7.35. The van der Waals surface area contributed by atoms with Crippen molar-refractivity contribution in [2.24, 2.45) is 5.41 Å². The summed E-state index contributed by atoms with van der Waals surface area (Å²) in [6.45, 7) is 8.86. The second-order valence-electron chi connectivity index (χ2n) is 8.88. The Balaban J connectivity index is 1.54. The number of piperidine rings is 1. The molecule has 3 heterocycles. The Morgan fingerprint density at radius 2 is 1.86 bits per heavy atom. The average Bonchev–Trinajstić information content (AvgIpc) is 2.78. The molecule has 2 fully saturated rings. The Labute approximate surface area is 169 Å². The molecule has 0 spiro atoms. The number of amides is 4. The third kappa shape index (κ3) is 3.82. The van der Waals surface area contributed by atoms with Crippen LogP contribution in [0.1, 0.15) is 53.0 Å². The normalized spacial score (nSPS) is 25.0. The highest BCUT2D eigenvalue weighted by Gasteiger charge is 2.44. The summed E-state index contributed by atoms with van der Waals surface area (Å²) >= 11 is 0. The van der Waals surface area contributed by atoms with Crippen LogP contribution < -0.4 is 10.6 Å². The summed E-state index contributed by atoms with van der Waals surface area (Å²) in [5.41, 5.74) is 1.78. The third-order valence-electron chi connectivity index (χ3n) is 5.77. The summed E-state index contributed by atoms with van der Waals surface area (Å²) in [7, 11) is 0. The molecule has 0 bridgehead atoms. The van der Waals surface area contributed by atoms with E-state index >= 15 is 0 Å². The van der Waals surface area contributed by atoms with Gasteiger partial charge < -0.3 is 5.32 Å². The van der Waals surface area contributed by atoms with Crippen molar-refractivity contribution in [1.29, 1.82) is 0 Å². The molecule has 4 rings (SSSR count). The summed E-state index contributed by atoms with van der Waals surface area (Å²) in [4.78, 5) is 52.7. The standard InChI is InChI=1S/C21H26N4O4/c1-21(2)11-22-7-8-24(12-21)10-13-3-4-14-15(9-13)20(29)25(19(14)28)16-5-6-17(26)23-18(16)27/h3-4,9,16,22H,5-8,10-12H2,1-2H3,(H,23,26,27). The molecule has 0 aliphatic carbocycles. The maximum absolute atomic E-state index is 13.0. The van der Waals surface area contributed by atoms with E-state index in [1.54, 1.807) is 12.1 Å². The molecular weight excluding hydrogens is 372 g/mol. The van der Waals surface area contributed by atoms with E-state index in [9.17, 15) is 19.2 Å². The van der Waals surface area contributed by atoms with Gasteiger partial charge >= 0.3 is 0 Å². The van der Waals surface area contributed by atoms with E-state index in [1.807, 2.05) is 6.07 Å². The fourth-order valence-corrected chi connectivity index (χ4v) is 4.41. The molecule has 3 aliphatic heterocycles. The zero-order chi connectivity index (χ0) is 20.8. The number of fused-ring (bicyclic) bond motifs is 1. The van der Waals surface area contributed by atoms with E-state index in [1.165, 1.54) is 0 Å². The SMILES string of the molecule is CC1(C)CNCCN(Cc2ccc3c(c2)C(=O)N(C2CCC(=O)NC2=O)C3=O)C1. The molecule has 2 saturated heterocycles. The Kier molecular flexibility index (Phi) is 5.00. The van der Waals surface area contributed by atoms with Crippen molar-refractivity contribution in [2.45, 2.75) is 39.3 Å². The summed E-state index contributed by atoms with van der Waals surface area (Å²) in [6.07, 6.45) is 0.284. The predicted octanol–water partition coefficient (Wildman–Crippen LogP) is 0.519. The van der Waals surface area contributed by atoms with Crippen molar-refractivity contribution in [2.75, 3.05) is 26.2 Å². The highest BCUT2D eigenvalue weighted by Crippen LogP contribution is 2.29. The van der Waals surface area contributed by atoms with Gasteiger partial charge in [0, 0.05) is 39.1 Å². The van der Waals surface area contributed by atoms with E-state index in [4.69, 9.17) is 0 Å². The molecule has 1 aromatic carbocycles. The molecule has 8 heteroatoms. The minimum Gasteiger partial charge on any atom is -0.315 e. The molecule has 8 nitrogen and oxygen atoms in total. The zero-order valence-corrected chi connectivity index (χ0v) is 16.8. The van der Waals surface area contributed by atoms with Gasteiger partial charge in [0.1, 0.15) is 6.04 Å². The van der Waals surface area contributed by atoms with E-state index < -0.39 is 23.8 Å². The van der Waals surface area contributed by atoms with Gasteiger partial charge in [-0.25, -0.2) is 0 Å². The number of hydrogen-bond donors (Lipinski definition) is 2. The molecule has 0 aromatic heterocycles. The van der Waals surface area contributed by atoms with Crippen molar-refractivity contribution in [3.63, 3.8) is 0 Å². The van der Waals surface area contributed by atoms with Gasteiger partial charge in [-0.15, -0.1) is 0 Å². The number of hydrogen-bond acceptors (Lipinski definition) is 6. The van der Waals surface area contributed by atoms with Crippen molar-refractivity contribution < 1.29 is 19.2 Å². The summed E-state index contributed by atoms with van der Waals surface area (Å²) < 4.78 is 0. The number of carbonyl (C=O) groups is 4. The molecule has 1 unspecified atom stereocenters. The highest BCUT2D eigenvalue weighted by molar-refractivity contribution is 6.23. The van der Waals surface area contributed by atoms with E-state index in [-0.39, 0.29) is 24.2 Å². The molecule has 1 aromatic rings.